The van der Waals surface area contributed by atoms with Crippen LogP contribution in [0.5, 0.6) is 0 Å². The number of carbonyl (C=O) groups is 2. The van der Waals surface area contributed by atoms with Gasteiger partial charge in [0.2, 0.25) is 17.6 Å². The Bertz CT molecular complexity index is 728. The van der Waals surface area contributed by atoms with Crippen molar-refractivity contribution in [3.63, 3.8) is 0 Å². The summed E-state index contributed by atoms with van der Waals surface area (Å²) in [5, 5.41) is 3.94. The van der Waals surface area contributed by atoms with Crippen molar-refractivity contribution in [2.24, 2.45) is 0 Å². The number of aromatic nitrogens is 2. The largest absolute Gasteiger partial charge is 0.339 e. The molecule has 0 N–H and O–H groups in total. The summed E-state index contributed by atoms with van der Waals surface area (Å²) in [7, 11) is 0. The van der Waals surface area contributed by atoms with Crippen molar-refractivity contribution < 1.29 is 14.1 Å². The number of anilines is 1. The van der Waals surface area contributed by atoms with E-state index in [4.69, 9.17) is 4.52 Å². The molecule has 1 aromatic carbocycles. The molecule has 1 saturated heterocycles. The van der Waals surface area contributed by atoms with E-state index in [1.165, 1.54) is 18.7 Å². The van der Waals surface area contributed by atoms with Crippen LogP contribution in [0.15, 0.2) is 28.8 Å². The van der Waals surface area contributed by atoms with E-state index in [0.717, 1.165) is 11.3 Å². The third-order valence-corrected chi connectivity index (χ3v) is 4.35. The second-order valence-corrected chi connectivity index (χ2v) is 6.60. The summed E-state index contributed by atoms with van der Waals surface area (Å²) in [6, 6.07) is 7.46. The fourth-order valence-electron chi connectivity index (χ4n) is 2.47. The Morgan fingerprint density at radius 2 is 2.27 bits per heavy atom. The van der Waals surface area contributed by atoms with Gasteiger partial charge in [-0.15, -0.1) is 0 Å². The van der Waals surface area contributed by atoms with Gasteiger partial charge in [-0.1, -0.05) is 29.1 Å². The highest BCUT2D eigenvalue weighted by molar-refractivity contribution is 8.14. The highest BCUT2D eigenvalue weighted by Gasteiger charge is 2.32. The van der Waals surface area contributed by atoms with Gasteiger partial charge in [-0.2, -0.15) is 4.98 Å². The van der Waals surface area contributed by atoms with Crippen LogP contribution in [0.3, 0.4) is 0 Å². The Labute approximate surface area is 131 Å². The predicted molar refractivity (Wildman–Crippen MR) is 83.5 cm³/mol. The first-order valence-electron chi connectivity index (χ1n) is 6.91. The Morgan fingerprint density at radius 1 is 1.45 bits per heavy atom. The van der Waals surface area contributed by atoms with Crippen molar-refractivity contribution in [1.29, 1.82) is 0 Å². The van der Waals surface area contributed by atoms with Crippen LogP contribution in [0.4, 0.5) is 5.69 Å². The van der Waals surface area contributed by atoms with Gasteiger partial charge in [-0.3, -0.25) is 9.59 Å². The highest BCUT2D eigenvalue weighted by Crippen LogP contribution is 2.30. The summed E-state index contributed by atoms with van der Waals surface area (Å²) in [5.41, 5.74) is 1.58. The molecule has 0 spiro atoms. The van der Waals surface area contributed by atoms with Crippen LogP contribution in [-0.2, 0) is 9.59 Å². The van der Waals surface area contributed by atoms with Gasteiger partial charge in [-0.25, -0.2) is 0 Å². The van der Waals surface area contributed by atoms with Crippen LogP contribution in [0.1, 0.15) is 19.2 Å². The van der Waals surface area contributed by atoms with Gasteiger partial charge < -0.3 is 9.42 Å². The highest BCUT2D eigenvalue weighted by atomic mass is 32.2. The van der Waals surface area contributed by atoms with Crippen LogP contribution in [0.25, 0.3) is 11.4 Å². The van der Waals surface area contributed by atoms with Gasteiger partial charge >= 0.3 is 0 Å². The minimum absolute atomic E-state index is 0.0149. The summed E-state index contributed by atoms with van der Waals surface area (Å²) in [4.78, 5) is 29.3. The van der Waals surface area contributed by atoms with E-state index in [1.807, 2.05) is 24.3 Å². The van der Waals surface area contributed by atoms with E-state index in [9.17, 15) is 9.59 Å². The molecule has 0 radical (unpaired) electrons. The standard InChI is InChI=1S/C15H15N3O3S/c1-9-16-15(17-21-9)11-4-3-5-12(6-11)18-8-13(7-14(18)20)22-10(2)19/h3-6,13H,7-8H2,1-2H3. The molecule has 1 atom stereocenters. The van der Waals surface area contributed by atoms with E-state index < -0.39 is 0 Å². The first kappa shape index (κ1) is 14.8. The molecule has 0 bridgehead atoms. The van der Waals surface area contributed by atoms with Gasteiger partial charge in [0.15, 0.2) is 5.12 Å². The van der Waals surface area contributed by atoms with E-state index in [1.54, 1.807) is 11.8 Å². The van der Waals surface area contributed by atoms with Crippen LogP contribution < -0.4 is 4.90 Å². The van der Waals surface area contributed by atoms with Gasteiger partial charge in [-0.05, 0) is 12.1 Å². The maximum Gasteiger partial charge on any atom is 0.228 e. The number of nitrogens with zero attached hydrogens (tertiary/aromatic N) is 3. The molecule has 0 aliphatic carbocycles. The minimum Gasteiger partial charge on any atom is -0.339 e. The first-order chi connectivity index (χ1) is 10.5. The van der Waals surface area contributed by atoms with Crippen LogP contribution in [-0.4, -0.2) is 33.0 Å². The van der Waals surface area contributed by atoms with Crippen molar-refractivity contribution in [3.8, 4) is 11.4 Å². The molecule has 7 heteroatoms. The quantitative estimate of drug-likeness (QED) is 0.865. The van der Waals surface area contributed by atoms with Crippen molar-refractivity contribution in [1.82, 2.24) is 10.1 Å². The molecule has 1 amide bonds. The molecule has 1 aliphatic rings. The molecule has 1 aromatic heterocycles. The zero-order chi connectivity index (χ0) is 15.7. The summed E-state index contributed by atoms with van der Waals surface area (Å²) in [6.07, 6.45) is 0.385. The maximum atomic E-state index is 12.2. The zero-order valence-corrected chi connectivity index (χ0v) is 13.1. The molecule has 1 unspecified atom stereocenters. The van der Waals surface area contributed by atoms with Crippen molar-refractivity contribution in [2.45, 2.75) is 25.5 Å². The summed E-state index contributed by atoms with van der Waals surface area (Å²) < 4.78 is 4.98. The van der Waals surface area contributed by atoms with Crippen LogP contribution >= 0.6 is 11.8 Å². The Morgan fingerprint density at radius 3 is 2.95 bits per heavy atom. The fourth-order valence-corrected chi connectivity index (χ4v) is 3.39. The molecule has 2 heterocycles. The Balaban J connectivity index is 1.83. The fraction of sp³-hybridized carbons (Fsp3) is 0.333. The normalized spacial score (nSPS) is 18.0. The number of thioether (sulfide) groups is 1. The molecule has 1 fully saturated rings. The van der Waals surface area contributed by atoms with Crippen molar-refractivity contribution >= 4 is 28.5 Å². The zero-order valence-electron chi connectivity index (χ0n) is 12.3. The van der Waals surface area contributed by atoms with Crippen LogP contribution in [0.2, 0.25) is 0 Å². The lowest BCUT2D eigenvalue weighted by Gasteiger charge is -2.16. The van der Waals surface area contributed by atoms with E-state index in [0.29, 0.717) is 24.7 Å². The summed E-state index contributed by atoms with van der Waals surface area (Å²) >= 11 is 1.23. The van der Waals surface area contributed by atoms with Gasteiger partial charge in [0.25, 0.3) is 0 Å². The van der Waals surface area contributed by atoms with Gasteiger partial charge in [0.1, 0.15) is 0 Å². The molecule has 2 aromatic rings. The monoisotopic (exact) mass is 317 g/mol. The molecule has 22 heavy (non-hydrogen) atoms. The average Bonchev–Trinajstić information content (AvgIpc) is 3.05. The van der Waals surface area contributed by atoms with E-state index in [2.05, 4.69) is 10.1 Å². The van der Waals surface area contributed by atoms with Crippen molar-refractivity contribution in [2.75, 3.05) is 11.4 Å². The lowest BCUT2D eigenvalue weighted by Crippen LogP contribution is -2.24. The number of hydrogen-bond donors (Lipinski definition) is 0. The lowest BCUT2D eigenvalue weighted by molar-refractivity contribution is -0.117. The first-order valence-corrected chi connectivity index (χ1v) is 7.79. The molecule has 0 saturated carbocycles. The smallest absolute Gasteiger partial charge is 0.228 e. The van der Waals surface area contributed by atoms with Gasteiger partial charge in [0.05, 0.1) is 0 Å². The van der Waals surface area contributed by atoms with Gasteiger partial charge in [0, 0.05) is 43.3 Å². The lowest BCUT2D eigenvalue weighted by atomic mass is 10.2. The average molecular weight is 317 g/mol. The minimum atomic E-state index is 0.0149. The predicted octanol–water partition coefficient (Wildman–Crippen LogP) is 2.43. The second-order valence-electron chi connectivity index (χ2n) is 5.13. The van der Waals surface area contributed by atoms with Crippen LogP contribution in [0, 0.1) is 6.92 Å². The van der Waals surface area contributed by atoms with E-state index >= 15 is 0 Å². The number of benzene rings is 1. The number of hydrogen-bond acceptors (Lipinski definition) is 6. The number of rotatable bonds is 3. The molecule has 1 aliphatic heterocycles. The number of carbonyl (C=O) groups excluding carboxylic acids is 2. The van der Waals surface area contributed by atoms with E-state index in [-0.39, 0.29) is 16.3 Å². The molecule has 3 rings (SSSR count). The Kier molecular flexibility index (Phi) is 3.98. The maximum absolute atomic E-state index is 12.2. The third kappa shape index (κ3) is 3.04. The molecular formula is C15H15N3O3S. The molecular weight excluding hydrogens is 302 g/mol. The Hall–Kier alpha value is -2.15. The SMILES string of the molecule is CC(=O)SC1CC(=O)N(c2cccc(-c3noc(C)n3)c2)C1. The molecule has 114 valence electrons. The van der Waals surface area contributed by atoms with Crippen molar-refractivity contribution in [3.05, 3.63) is 30.2 Å². The number of aryl methyl sites for hydroxylation is 1. The summed E-state index contributed by atoms with van der Waals surface area (Å²) in [5.74, 6) is 1.02. The molecule has 6 nitrogen and oxygen atoms in total. The summed E-state index contributed by atoms with van der Waals surface area (Å²) in [6.45, 7) is 3.79. The topological polar surface area (TPSA) is 76.3 Å². The third-order valence-electron chi connectivity index (χ3n) is 3.37. The number of amides is 1. The second kappa shape index (κ2) is 5.92.